The lowest BCUT2D eigenvalue weighted by molar-refractivity contribution is 0.102. The normalized spacial score (nSPS) is 13.6. The summed E-state index contributed by atoms with van der Waals surface area (Å²) in [6.07, 6.45) is 1.22. The molecule has 1 saturated carbocycles. The second-order valence-electron chi connectivity index (χ2n) is 5.03. The standard InChI is InChI=1S/C14H14N4O3S/c19-11(16-13-18-17-12(22-13)10-5-6-10)9-3-1-8(2-4-9)7-15-14(20)21/h1-4,10,15H,5-7H2,(H,20,21)(H,16,18,19). The molecule has 1 aromatic carbocycles. The Hall–Kier alpha value is -2.48. The van der Waals surface area contributed by atoms with E-state index in [4.69, 9.17) is 5.11 Å². The fourth-order valence-corrected chi connectivity index (χ4v) is 2.81. The van der Waals surface area contributed by atoms with Gasteiger partial charge < -0.3 is 10.4 Å². The summed E-state index contributed by atoms with van der Waals surface area (Å²) in [6.45, 7) is 0.207. The second kappa shape index (κ2) is 6.10. The summed E-state index contributed by atoms with van der Waals surface area (Å²) in [5, 5.41) is 23.1. The van der Waals surface area contributed by atoms with E-state index >= 15 is 0 Å². The van der Waals surface area contributed by atoms with Crippen LogP contribution in [0.15, 0.2) is 24.3 Å². The summed E-state index contributed by atoms with van der Waals surface area (Å²) < 4.78 is 0. The number of amides is 2. The number of carbonyl (C=O) groups excluding carboxylic acids is 1. The number of rotatable bonds is 5. The number of nitrogens with zero attached hydrogens (tertiary/aromatic N) is 2. The Labute approximate surface area is 130 Å². The highest BCUT2D eigenvalue weighted by Gasteiger charge is 2.27. The van der Waals surface area contributed by atoms with Crippen molar-refractivity contribution in [3.63, 3.8) is 0 Å². The Morgan fingerprint density at radius 2 is 1.95 bits per heavy atom. The minimum absolute atomic E-state index is 0.207. The number of carbonyl (C=O) groups is 2. The van der Waals surface area contributed by atoms with Crippen LogP contribution in [0.5, 0.6) is 0 Å². The predicted octanol–water partition coefficient (Wildman–Crippen LogP) is 2.44. The van der Waals surface area contributed by atoms with Gasteiger partial charge in [-0.1, -0.05) is 23.5 Å². The van der Waals surface area contributed by atoms with E-state index in [1.807, 2.05) is 0 Å². The third kappa shape index (κ3) is 3.59. The van der Waals surface area contributed by atoms with Crippen LogP contribution in [0, 0.1) is 0 Å². The first-order chi connectivity index (χ1) is 10.6. The summed E-state index contributed by atoms with van der Waals surface area (Å²) in [5.41, 5.74) is 1.27. The van der Waals surface area contributed by atoms with E-state index in [1.54, 1.807) is 24.3 Å². The fraction of sp³-hybridized carbons (Fsp3) is 0.286. The van der Waals surface area contributed by atoms with Crippen molar-refractivity contribution in [1.82, 2.24) is 15.5 Å². The summed E-state index contributed by atoms with van der Waals surface area (Å²) in [5.74, 6) is 0.264. The molecule has 8 heteroatoms. The fourth-order valence-electron chi connectivity index (χ4n) is 1.90. The second-order valence-corrected chi connectivity index (χ2v) is 6.04. The van der Waals surface area contributed by atoms with E-state index < -0.39 is 6.09 Å². The molecule has 3 rings (SSSR count). The van der Waals surface area contributed by atoms with Crippen LogP contribution in [0.3, 0.4) is 0 Å². The first kappa shape index (κ1) is 14.5. The van der Waals surface area contributed by atoms with Gasteiger partial charge in [0.15, 0.2) is 0 Å². The largest absolute Gasteiger partial charge is 0.465 e. The third-order valence-electron chi connectivity index (χ3n) is 3.25. The highest BCUT2D eigenvalue weighted by atomic mass is 32.1. The van der Waals surface area contributed by atoms with Crippen LogP contribution in [0.25, 0.3) is 0 Å². The van der Waals surface area contributed by atoms with Crippen molar-refractivity contribution in [3.8, 4) is 0 Å². The Kier molecular flexibility index (Phi) is 4.01. The maximum Gasteiger partial charge on any atom is 0.404 e. The molecule has 0 unspecified atom stereocenters. The molecule has 0 atom stereocenters. The maximum absolute atomic E-state index is 12.1. The predicted molar refractivity (Wildman–Crippen MR) is 81.1 cm³/mol. The molecule has 1 aliphatic rings. The lowest BCUT2D eigenvalue weighted by Gasteiger charge is -2.04. The van der Waals surface area contributed by atoms with E-state index in [1.165, 1.54) is 11.3 Å². The topological polar surface area (TPSA) is 104 Å². The van der Waals surface area contributed by atoms with Crippen molar-refractivity contribution < 1.29 is 14.7 Å². The Morgan fingerprint density at radius 1 is 1.23 bits per heavy atom. The molecule has 1 fully saturated rings. The molecule has 2 aromatic rings. The number of anilines is 1. The quantitative estimate of drug-likeness (QED) is 0.785. The van der Waals surface area contributed by atoms with Gasteiger partial charge in [-0.05, 0) is 30.5 Å². The molecular formula is C14H14N4O3S. The van der Waals surface area contributed by atoms with Crippen molar-refractivity contribution in [3.05, 3.63) is 40.4 Å². The van der Waals surface area contributed by atoms with E-state index in [0.29, 0.717) is 16.6 Å². The van der Waals surface area contributed by atoms with Crippen LogP contribution in [0.2, 0.25) is 0 Å². The van der Waals surface area contributed by atoms with Gasteiger partial charge in [0, 0.05) is 18.0 Å². The molecule has 0 spiro atoms. The number of hydrogen-bond acceptors (Lipinski definition) is 5. The average Bonchev–Trinajstić information content (AvgIpc) is 3.26. The molecule has 3 N–H and O–H groups in total. The van der Waals surface area contributed by atoms with Crippen molar-refractivity contribution in [2.24, 2.45) is 0 Å². The molecule has 1 aromatic heterocycles. The third-order valence-corrected chi connectivity index (χ3v) is 4.25. The molecule has 7 nitrogen and oxygen atoms in total. The van der Waals surface area contributed by atoms with E-state index in [2.05, 4.69) is 20.8 Å². The van der Waals surface area contributed by atoms with Crippen molar-refractivity contribution in [1.29, 1.82) is 0 Å². The van der Waals surface area contributed by atoms with E-state index in [-0.39, 0.29) is 12.5 Å². The Bertz CT molecular complexity index is 694. The van der Waals surface area contributed by atoms with Gasteiger partial charge in [0.25, 0.3) is 5.91 Å². The van der Waals surface area contributed by atoms with Gasteiger partial charge in [-0.15, -0.1) is 10.2 Å². The van der Waals surface area contributed by atoms with Gasteiger partial charge >= 0.3 is 6.09 Å². The minimum Gasteiger partial charge on any atom is -0.465 e. The van der Waals surface area contributed by atoms with E-state index in [0.717, 1.165) is 23.4 Å². The summed E-state index contributed by atoms with van der Waals surface area (Å²) in [4.78, 5) is 22.5. The Balaban J connectivity index is 1.60. The summed E-state index contributed by atoms with van der Waals surface area (Å²) >= 11 is 1.41. The number of nitrogens with one attached hydrogen (secondary N) is 2. The summed E-state index contributed by atoms with van der Waals surface area (Å²) in [6, 6.07) is 6.72. The number of benzene rings is 1. The first-order valence-electron chi connectivity index (χ1n) is 6.82. The molecule has 2 amide bonds. The lowest BCUT2D eigenvalue weighted by Crippen LogP contribution is -2.20. The molecule has 1 aliphatic carbocycles. The minimum atomic E-state index is -1.08. The van der Waals surface area contributed by atoms with Gasteiger partial charge in [0.2, 0.25) is 5.13 Å². The van der Waals surface area contributed by atoms with Crippen molar-refractivity contribution in [2.75, 3.05) is 5.32 Å². The molecule has 114 valence electrons. The van der Waals surface area contributed by atoms with Gasteiger partial charge in [-0.2, -0.15) is 0 Å². The maximum atomic E-state index is 12.1. The average molecular weight is 318 g/mol. The zero-order valence-corrected chi connectivity index (χ0v) is 12.4. The molecular weight excluding hydrogens is 304 g/mol. The van der Waals surface area contributed by atoms with Gasteiger partial charge in [0.1, 0.15) is 5.01 Å². The molecule has 0 aliphatic heterocycles. The lowest BCUT2D eigenvalue weighted by atomic mass is 10.1. The molecule has 1 heterocycles. The van der Waals surface area contributed by atoms with Crippen LogP contribution < -0.4 is 10.6 Å². The zero-order valence-electron chi connectivity index (χ0n) is 11.6. The zero-order chi connectivity index (χ0) is 15.5. The van der Waals surface area contributed by atoms with E-state index in [9.17, 15) is 9.59 Å². The van der Waals surface area contributed by atoms with Crippen molar-refractivity contribution >= 4 is 28.5 Å². The Morgan fingerprint density at radius 3 is 2.59 bits per heavy atom. The van der Waals surface area contributed by atoms with Crippen LogP contribution in [-0.4, -0.2) is 27.3 Å². The monoisotopic (exact) mass is 318 g/mol. The molecule has 0 bridgehead atoms. The van der Waals surface area contributed by atoms with Crippen molar-refractivity contribution in [2.45, 2.75) is 25.3 Å². The van der Waals surface area contributed by atoms with Crippen LogP contribution in [0.1, 0.15) is 39.7 Å². The summed E-state index contributed by atoms with van der Waals surface area (Å²) in [7, 11) is 0. The number of aromatic nitrogens is 2. The van der Waals surface area contributed by atoms with Gasteiger partial charge in [0.05, 0.1) is 0 Å². The highest BCUT2D eigenvalue weighted by molar-refractivity contribution is 7.15. The molecule has 0 radical (unpaired) electrons. The van der Waals surface area contributed by atoms with Crippen LogP contribution >= 0.6 is 11.3 Å². The van der Waals surface area contributed by atoms with Gasteiger partial charge in [-0.25, -0.2) is 4.79 Å². The SMILES string of the molecule is O=C(O)NCc1ccc(C(=O)Nc2nnc(C3CC3)s2)cc1. The highest BCUT2D eigenvalue weighted by Crippen LogP contribution is 2.42. The molecule has 0 saturated heterocycles. The number of carboxylic acid groups (broad SMARTS) is 1. The number of hydrogen-bond donors (Lipinski definition) is 3. The first-order valence-corrected chi connectivity index (χ1v) is 7.64. The van der Waals surface area contributed by atoms with Crippen LogP contribution in [-0.2, 0) is 6.54 Å². The van der Waals surface area contributed by atoms with Crippen LogP contribution in [0.4, 0.5) is 9.93 Å². The smallest absolute Gasteiger partial charge is 0.404 e. The molecule has 22 heavy (non-hydrogen) atoms. The van der Waals surface area contributed by atoms with Gasteiger partial charge in [-0.3, -0.25) is 10.1 Å².